The zero-order chi connectivity index (χ0) is 28.2. The minimum absolute atomic E-state index is 0.0952. The molecule has 0 radical (unpaired) electrons. The zero-order valence-electron chi connectivity index (χ0n) is 22.5. The van der Waals surface area contributed by atoms with Crippen molar-refractivity contribution in [2.24, 2.45) is 0 Å². The number of nitrogens with one attached hydrogen (secondary N) is 1. The van der Waals surface area contributed by atoms with Crippen molar-refractivity contribution in [2.45, 2.75) is 18.6 Å². The molecule has 0 aliphatic heterocycles. The molecule has 0 amide bonds. The molecule has 2 N–H and O–H groups in total. The molecule has 204 valence electrons. The van der Waals surface area contributed by atoms with Crippen LogP contribution in [0.5, 0.6) is 17.2 Å². The topological polar surface area (TPSA) is 111 Å². The summed E-state index contributed by atoms with van der Waals surface area (Å²) < 4.78 is 18.1. The molecule has 5 aromatic rings. The third-order valence-corrected chi connectivity index (χ3v) is 7.44. The number of nitrogens with zero attached hydrogens (tertiary/aromatic N) is 3. The van der Waals surface area contributed by atoms with Crippen LogP contribution in [-0.4, -0.2) is 52.2 Å². The number of aromatic nitrogens is 4. The Bertz CT molecular complexity index is 1690. The summed E-state index contributed by atoms with van der Waals surface area (Å²) in [5, 5.41) is 20.3. The highest BCUT2D eigenvalue weighted by Crippen LogP contribution is 2.38. The summed E-state index contributed by atoms with van der Waals surface area (Å²) >= 11 is 1.05. The molecule has 5 rings (SSSR count). The Morgan fingerprint density at radius 1 is 0.925 bits per heavy atom. The smallest absolute Gasteiger partial charge is 0.342 e. The Balaban J connectivity index is 1.62. The fraction of sp³-hybridized carbons (Fsp3) is 0.167. The number of fused-ring (bicyclic) bond motifs is 1. The number of ether oxygens (including phenoxy) is 3. The molecule has 0 fully saturated rings. The molecule has 9 nitrogen and oxygen atoms in total. The number of aliphatic carboxylic acids is 1. The largest absolute Gasteiger partial charge is 0.497 e. The fourth-order valence-corrected chi connectivity index (χ4v) is 5.33. The van der Waals surface area contributed by atoms with Crippen LogP contribution >= 0.6 is 11.8 Å². The minimum atomic E-state index is -1.07. The van der Waals surface area contributed by atoms with E-state index in [0.29, 0.717) is 34.8 Å². The predicted octanol–water partition coefficient (Wildman–Crippen LogP) is 6.36. The third kappa shape index (κ3) is 5.26. The number of rotatable bonds is 10. The first-order valence-electron chi connectivity index (χ1n) is 12.5. The zero-order valence-corrected chi connectivity index (χ0v) is 23.3. The van der Waals surface area contributed by atoms with Crippen LogP contribution in [0.2, 0.25) is 0 Å². The lowest BCUT2D eigenvalue weighted by atomic mass is 10.0. The lowest BCUT2D eigenvalue weighted by molar-refractivity contribution is -0.131. The van der Waals surface area contributed by atoms with Gasteiger partial charge in [-0.15, -0.1) is 10.2 Å². The Morgan fingerprint density at radius 3 is 2.25 bits per heavy atom. The number of carbonyl (C=O) groups is 1. The second-order valence-electron chi connectivity index (χ2n) is 8.76. The molecule has 0 saturated heterocycles. The first-order chi connectivity index (χ1) is 19.4. The number of methoxy groups -OCH3 is 3. The summed E-state index contributed by atoms with van der Waals surface area (Å²) in [7, 11) is 4.77. The van der Waals surface area contributed by atoms with Crippen molar-refractivity contribution in [3.05, 3.63) is 77.2 Å². The van der Waals surface area contributed by atoms with Crippen molar-refractivity contribution in [1.82, 2.24) is 19.7 Å². The maximum atomic E-state index is 12.6. The highest BCUT2D eigenvalue weighted by Gasteiger charge is 2.21. The Labute approximate surface area is 235 Å². The Kier molecular flexibility index (Phi) is 7.79. The van der Waals surface area contributed by atoms with Gasteiger partial charge in [0, 0.05) is 34.6 Å². The average molecular weight is 557 g/mol. The molecule has 2 aromatic heterocycles. The van der Waals surface area contributed by atoms with Gasteiger partial charge in [0.15, 0.2) is 11.0 Å². The molecule has 0 aliphatic rings. The van der Waals surface area contributed by atoms with E-state index in [1.54, 1.807) is 33.5 Å². The van der Waals surface area contributed by atoms with Crippen LogP contribution in [0.3, 0.4) is 0 Å². The van der Waals surface area contributed by atoms with Gasteiger partial charge in [-0.1, -0.05) is 30.3 Å². The van der Waals surface area contributed by atoms with E-state index in [2.05, 4.69) is 15.2 Å². The Hall–Kier alpha value is -4.70. The summed E-state index contributed by atoms with van der Waals surface area (Å²) in [5.74, 6) is 1.41. The molecule has 3 aromatic carbocycles. The normalized spacial score (nSPS) is 11.6. The fourth-order valence-electron chi connectivity index (χ4n) is 4.46. The molecule has 40 heavy (non-hydrogen) atoms. The van der Waals surface area contributed by atoms with E-state index in [0.717, 1.165) is 45.0 Å². The lowest BCUT2D eigenvalue weighted by Gasteiger charge is -2.10. The van der Waals surface area contributed by atoms with Crippen molar-refractivity contribution in [3.8, 4) is 39.9 Å². The number of hydrogen-bond donors (Lipinski definition) is 2. The van der Waals surface area contributed by atoms with E-state index in [4.69, 9.17) is 14.2 Å². The maximum absolute atomic E-state index is 12.6. The molecule has 10 heteroatoms. The standard InChI is InChI=1S/C30H28N4O5S/c1-5-34-28(19-13-21(38-3)15-22(14-19)39-4)32-33-30(34)40-26(29(35)36)17-24-23-16-20(37-2)11-12-25(23)31-27(24)18-9-7-6-8-10-18/h6-17,31H,5H2,1-4H3,(H,35,36)/b26-17-. The third-order valence-electron chi connectivity index (χ3n) is 6.44. The van der Waals surface area contributed by atoms with Crippen molar-refractivity contribution in [1.29, 1.82) is 0 Å². The summed E-state index contributed by atoms with van der Waals surface area (Å²) in [4.78, 5) is 16.1. The van der Waals surface area contributed by atoms with Crippen LogP contribution in [0, 0.1) is 0 Å². The highest BCUT2D eigenvalue weighted by atomic mass is 32.2. The number of hydrogen-bond acceptors (Lipinski definition) is 7. The predicted molar refractivity (Wildman–Crippen MR) is 156 cm³/mol. The number of aromatic amines is 1. The molecule has 0 bridgehead atoms. The summed E-state index contributed by atoms with van der Waals surface area (Å²) in [5.41, 5.74) is 4.10. The van der Waals surface area contributed by atoms with Gasteiger partial charge in [-0.3, -0.25) is 0 Å². The van der Waals surface area contributed by atoms with Crippen LogP contribution in [0.1, 0.15) is 12.5 Å². The quantitative estimate of drug-likeness (QED) is 0.151. The average Bonchev–Trinajstić information content (AvgIpc) is 3.57. The highest BCUT2D eigenvalue weighted by molar-refractivity contribution is 8.04. The number of carboxylic acids is 1. The second kappa shape index (κ2) is 11.6. The number of carboxylic acid groups (broad SMARTS) is 1. The van der Waals surface area contributed by atoms with E-state index in [1.165, 1.54) is 0 Å². The molecule has 2 heterocycles. The lowest BCUT2D eigenvalue weighted by Crippen LogP contribution is -2.03. The Morgan fingerprint density at radius 2 is 1.62 bits per heavy atom. The van der Waals surface area contributed by atoms with E-state index < -0.39 is 5.97 Å². The molecule has 0 spiro atoms. The van der Waals surface area contributed by atoms with Crippen LogP contribution in [0.4, 0.5) is 0 Å². The van der Waals surface area contributed by atoms with Gasteiger partial charge in [0.05, 0.1) is 27.0 Å². The summed E-state index contributed by atoms with van der Waals surface area (Å²) in [6.45, 7) is 2.48. The van der Waals surface area contributed by atoms with E-state index in [-0.39, 0.29) is 4.91 Å². The van der Waals surface area contributed by atoms with Gasteiger partial charge in [-0.25, -0.2) is 4.79 Å². The molecule has 0 atom stereocenters. The molecule has 0 saturated carbocycles. The van der Waals surface area contributed by atoms with Gasteiger partial charge >= 0.3 is 5.97 Å². The molecular formula is C30H28N4O5S. The van der Waals surface area contributed by atoms with E-state index >= 15 is 0 Å². The van der Waals surface area contributed by atoms with Crippen LogP contribution in [0.15, 0.2) is 76.8 Å². The van der Waals surface area contributed by atoms with Crippen LogP contribution in [0.25, 0.3) is 39.6 Å². The van der Waals surface area contributed by atoms with Gasteiger partial charge in [-0.05, 0) is 60.7 Å². The van der Waals surface area contributed by atoms with Gasteiger partial charge in [0.25, 0.3) is 0 Å². The first kappa shape index (κ1) is 26.9. The van der Waals surface area contributed by atoms with Crippen molar-refractivity contribution in [3.63, 3.8) is 0 Å². The maximum Gasteiger partial charge on any atom is 0.342 e. The molecule has 0 unspecified atom stereocenters. The van der Waals surface area contributed by atoms with Crippen molar-refractivity contribution < 1.29 is 24.1 Å². The number of benzene rings is 3. The van der Waals surface area contributed by atoms with Gasteiger partial charge in [0.1, 0.15) is 22.2 Å². The first-order valence-corrected chi connectivity index (χ1v) is 13.3. The van der Waals surface area contributed by atoms with Crippen molar-refractivity contribution in [2.75, 3.05) is 21.3 Å². The van der Waals surface area contributed by atoms with Gasteiger partial charge < -0.3 is 28.9 Å². The van der Waals surface area contributed by atoms with Gasteiger partial charge in [-0.2, -0.15) is 0 Å². The summed E-state index contributed by atoms with van der Waals surface area (Å²) in [6.07, 6.45) is 1.68. The van der Waals surface area contributed by atoms with Crippen molar-refractivity contribution >= 4 is 34.7 Å². The number of H-pyrrole nitrogens is 1. The molecular weight excluding hydrogens is 528 g/mol. The van der Waals surface area contributed by atoms with Crippen LogP contribution in [-0.2, 0) is 11.3 Å². The minimum Gasteiger partial charge on any atom is -0.497 e. The summed E-state index contributed by atoms with van der Waals surface area (Å²) in [6, 6.07) is 20.9. The van der Waals surface area contributed by atoms with E-state index in [1.807, 2.05) is 72.2 Å². The second-order valence-corrected chi connectivity index (χ2v) is 9.77. The van der Waals surface area contributed by atoms with Crippen LogP contribution < -0.4 is 14.2 Å². The SMILES string of the molecule is CCn1c(S/C(=C\c2c(-c3ccccc3)[nH]c3ccc(OC)cc23)C(=O)O)nnc1-c1cc(OC)cc(OC)c1. The monoisotopic (exact) mass is 556 g/mol. The van der Waals surface area contributed by atoms with Gasteiger partial charge in [0.2, 0.25) is 0 Å². The number of thioether (sulfide) groups is 1. The van der Waals surface area contributed by atoms with E-state index in [9.17, 15) is 9.90 Å². The molecule has 0 aliphatic carbocycles.